The fourth-order valence-electron chi connectivity index (χ4n) is 4.51. The van der Waals surface area contributed by atoms with Crippen LogP contribution in [0.15, 0.2) is 24.4 Å². The standard InChI is InChI=1S/C20H33N3O3/c1-19(2)16-20(7-14-26-19,18(24)17-6-4-5-8-21-17)23-11-9-22(10-12-23)13-15-25-3/h4-6,8,18,24H,7,9-16H2,1-3H3. The molecule has 2 unspecified atom stereocenters. The third kappa shape index (κ3) is 4.26. The highest BCUT2D eigenvalue weighted by atomic mass is 16.5. The smallest absolute Gasteiger partial charge is 0.114 e. The molecule has 6 heteroatoms. The van der Waals surface area contributed by atoms with E-state index < -0.39 is 6.10 Å². The second kappa shape index (κ2) is 8.31. The van der Waals surface area contributed by atoms with Crippen LogP contribution in [0.5, 0.6) is 0 Å². The molecular weight excluding hydrogens is 330 g/mol. The molecule has 1 N–H and O–H groups in total. The largest absolute Gasteiger partial charge is 0.385 e. The summed E-state index contributed by atoms with van der Waals surface area (Å²) in [7, 11) is 1.75. The van der Waals surface area contributed by atoms with Crippen LogP contribution < -0.4 is 0 Å². The Morgan fingerprint density at radius 1 is 1.27 bits per heavy atom. The van der Waals surface area contributed by atoms with Crippen molar-refractivity contribution < 1.29 is 14.6 Å². The normalized spacial score (nSPS) is 28.8. The minimum absolute atomic E-state index is 0.249. The lowest BCUT2D eigenvalue weighted by Gasteiger charge is -2.55. The quantitative estimate of drug-likeness (QED) is 0.830. The highest BCUT2D eigenvalue weighted by molar-refractivity contribution is 5.16. The topological polar surface area (TPSA) is 58.1 Å². The van der Waals surface area contributed by atoms with Crippen molar-refractivity contribution in [2.24, 2.45) is 0 Å². The zero-order valence-electron chi connectivity index (χ0n) is 16.4. The van der Waals surface area contributed by atoms with Crippen LogP contribution >= 0.6 is 0 Å². The van der Waals surface area contributed by atoms with Crippen LogP contribution in [-0.4, -0.2) is 84.1 Å². The molecule has 2 aliphatic rings. The highest BCUT2D eigenvalue weighted by Crippen LogP contribution is 2.44. The van der Waals surface area contributed by atoms with Crippen LogP contribution in [0.3, 0.4) is 0 Å². The summed E-state index contributed by atoms with van der Waals surface area (Å²) in [5, 5.41) is 11.4. The monoisotopic (exact) mass is 363 g/mol. The molecule has 0 aromatic carbocycles. The van der Waals surface area contributed by atoms with Crippen LogP contribution in [0.2, 0.25) is 0 Å². The first-order valence-electron chi connectivity index (χ1n) is 9.66. The van der Waals surface area contributed by atoms with Gasteiger partial charge in [-0.2, -0.15) is 0 Å². The van der Waals surface area contributed by atoms with E-state index >= 15 is 0 Å². The fraction of sp³-hybridized carbons (Fsp3) is 0.750. The van der Waals surface area contributed by atoms with Gasteiger partial charge >= 0.3 is 0 Å². The van der Waals surface area contributed by atoms with E-state index in [-0.39, 0.29) is 11.1 Å². The van der Waals surface area contributed by atoms with Crippen molar-refractivity contribution in [3.8, 4) is 0 Å². The van der Waals surface area contributed by atoms with Crippen molar-refractivity contribution in [1.29, 1.82) is 0 Å². The van der Waals surface area contributed by atoms with Gasteiger partial charge in [0.2, 0.25) is 0 Å². The summed E-state index contributed by atoms with van der Waals surface area (Å²) in [6.45, 7) is 10.6. The number of aliphatic hydroxyl groups excluding tert-OH is 1. The van der Waals surface area contributed by atoms with E-state index in [9.17, 15) is 5.11 Å². The van der Waals surface area contributed by atoms with Crippen molar-refractivity contribution in [1.82, 2.24) is 14.8 Å². The molecule has 2 atom stereocenters. The van der Waals surface area contributed by atoms with Crippen molar-refractivity contribution >= 4 is 0 Å². The SMILES string of the molecule is COCCN1CCN(C2(C(O)c3ccccn3)CCOC(C)(C)C2)CC1. The number of aliphatic hydroxyl groups is 1. The number of aromatic nitrogens is 1. The Bertz CT molecular complexity index is 561. The van der Waals surface area contributed by atoms with Crippen molar-refractivity contribution in [3.05, 3.63) is 30.1 Å². The number of piperazine rings is 1. The number of rotatable bonds is 6. The molecule has 0 amide bonds. The van der Waals surface area contributed by atoms with E-state index in [2.05, 4.69) is 28.6 Å². The first-order chi connectivity index (χ1) is 12.5. The Kier molecular flexibility index (Phi) is 6.30. The Morgan fingerprint density at radius 3 is 2.65 bits per heavy atom. The van der Waals surface area contributed by atoms with E-state index in [1.165, 1.54) is 0 Å². The van der Waals surface area contributed by atoms with Gasteiger partial charge in [0.15, 0.2) is 0 Å². The maximum Gasteiger partial charge on any atom is 0.114 e. The first kappa shape index (κ1) is 19.7. The van der Waals surface area contributed by atoms with Crippen LogP contribution in [0.25, 0.3) is 0 Å². The molecule has 2 saturated heterocycles. The van der Waals surface area contributed by atoms with Crippen molar-refractivity contribution in [3.63, 3.8) is 0 Å². The Morgan fingerprint density at radius 2 is 2.04 bits per heavy atom. The summed E-state index contributed by atoms with van der Waals surface area (Å²) in [6.07, 6.45) is 2.78. The van der Waals surface area contributed by atoms with E-state index in [4.69, 9.17) is 9.47 Å². The Hall–Kier alpha value is -1.05. The molecule has 3 heterocycles. The van der Waals surface area contributed by atoms with Gasteiger partial charge in [0.1, 0.15) is 6.10 Å². The summed E-state index contributed by atoms with van der Waals surface area (Å²) < 4.78 is 11.2. The predicted molar refractivity (Wildman–Crippen MR) is 101 cm³/mol. The molecule has 0 spiro atoms. The van der Waals surface area contributed by atoms with Crippen LogP contribution in [0, 0.1) is 0 Å². The molecule has 0 bridgehead atoms. The average molecular weight is 364 g/mol. The van der Waals surface area contributed by atoms with Gasteiger partial charge in [-0.15, -0.1) is 0 Å². The summed E-state index contributed by atoms with van der Waals surface area (Å²) >= 11 is 0. The van der Waals surface area contributed by atoms with E-state index in [1.807, 2.05) is 18.2 Å². The number of ether oxygens (including phenoxy) is 2. The third-order valence-electron chi connectivity index (χ3n) is 5.85. The average Bonchev–Trinajstić information content (AvgIpc) is 2.66. The fourth-order valence-corrected chi connectivity index (χ4v) is 4.51. The molecule has 2 aliphatic heterocycles. The second-order valence-corrected chi connectivity index (χ2v) is 8.12. The summed E-state index contributed by atoms with van der Waals surface area (Å²) in [4.78, 5) is 9.37. The van der Waals surface area contributed by atoms with Crippen LogP contribution in [0.4, 0.5) is 0 Å². The zero-order chi connectivity index (χ0) is 18.6. The lowest BCUT2D eigenvalue weighted by molar-refractivity contribution is -0.165. The minimum Gasteiger partial charge on any atom is -0.385 e. The molecule has 2 fully saturated rings. The number of pyridine rings is 1. The van der Waals surface area contributed by atoms with E-state index in [1.54, 1.807) is 13.3 Å². The summed E-state index contributed by atoms with van der Waals surface area (Å²) in [5.74, 6) is 0. The summed E-state index contributed by atoms with van der Waals surface area (Å²) in [5.41, 5.74) is 0.178. The van der Waals surface area contributed by atoms with Crippen LogP contribution in [0.1, 0.15) is 38.5 Å². The number of hydrogen-bond donors (Lipinski definition) is 1. The molecule has 6 nitrogen and oxygen atoms in total. The van der Waals surface area contributed by atoms with Crippen molar-refractivity contribution in [2.75, 3.05) is 53.0 Å². The van der Waals surface area contributed by atoms with Gasteiger partial charge in [0.25, 0.3) is 0 Å². The molecular formula is C20H33N3O3. The highest BCUT2D eigenvalue weighted by Gasteiger charge is 2.51. The number of hydrogen-bond acceptors (Lipinski definition) is 6. The molecule has 0 radical (unpaired) electrons. The molecule has 0 aliphatic carbocycles. The Balaban J connectivity index is 1.80. The Labute approximate surface area is 157 Å². The third-order valence-corrected chi connectivity index (χ3v) is 5.85. The maximum absolute atomic E-state index is 11.4. The molecule has 26 heavy (non-hydrogen) atoms. The molecule has 3 rings (SSSR count). The first-order valence-corrected chi connectivity index (χ1v) is 9.66. The van der Waals surface area contributed by atoms with Gasteiger partial charge < -0.3 is 14.6 Å². The molecule has 1 aromatic heterocycles. The van der Waals surface area contributed by atoms with Crippen LogP contribution in [-0.2, 0) is 9.47 Å². The number of nitrogens with zero attached hydrogens (tertiary/aromatic N) is 3. The number of methoxy groups -OCH3 is 1. The van der Waals surface area contributed by atoms with E-state index in [0.29, 0.717) is 6.61 Å². The van der Waals surface area contributed by atoms with Gasteiger partial charge in [-0.3, -0.25) is 14.8 Å². The molecule has 1 aromatic rings. The van der Waals surface area contributed by atoms with Gasteiger partial charge in [-0.05, 0) is 38.8 Å². The second-order valence-electron chi connectivity index (χ2n) is 8.12. The molecule has 146 valence electrons. The minimum atomic E-state index is -0.614. The zero-order valence-corrected chi connectivity index (χ0v) is 16.4. The van der Waals surface area contributed by atoms with Gasteiger partial charge in [0.05, 0.1) is 23.4 Å². The van der Waals surface area contributed by atoms with Crippen molar-refractivity contribution in [2.45, 2.75) is 43.9 Å². The summed E-state index contributed by atoms with van der Waals surface area (Å²) in [6, 6.07) is 5.78. The lowest BCUT2D eigenvalue weighted by Crippen LogP contribution is -2.64. The van der Waals surface area contributed by atoms with Gasteiger partial charge in [-0.25, -0.2) is 0 Å². The molecule has 0 saturated carbocycles. The van der Waals surface area contributed by atoms with E-state index in [0.717, 1.165) is 57.9 Å². The lowest BCUT2D eigenvalue weighted by atomic mass is 9.74. The van der Waals surface area contributed by atoms with Gasteiger partial charge in [-0.1, -0.05) is 6.07 Å². The van der Waals surface area contributed by atoms with Gasteiger partial charge in [0, 0.05) is 52.6 Å². The maximum atomic E-state index is 11.4. The predicted octanol–water partition coefficient (Wildman–Crippen LogP) is 1.71.